The van der Waals surface area contributed by atoms with Crippen molar-refractivity contribution in [2.75, 3.05) is 0 Å². The van der Waals surface area contributed by atoms with Crippen molar-refractivity contribution in [2.24, 2.45) is 0 Å². The minimum Gasteiger partial charge on any atom is -0.472 e. The van der Waals surface area contributed by atoms with Gasteiger partial charge in [0.25, 0.3) is 0 Å². The largest absolute Gasteiger partial charge is 0.472 e. The topological polar surface area (TPSA) is 56.2 Å². The predicted octanol–water partition coefficient (Wildman–Crippen LogP) is 2.38. The fraction of sp³-hybridized carbons (Fsp3) is 0.375. The molecule has 0 aliphatic carbocycles. The van der Waals surface area contributed by atoms with E-state index in [0.717, 1.165) is 12.0 Å². The third-order valence-corrected chi connectivity index (χ3v) is 3.17. The van der Waals surface area contributed by atoms with Crippen LogP contribution in [0.25, 0.3) is 0 Å². The highest BCUT2D eigenvalue weighted by Crippen LogP contribution is 2.09. The van der Waals surface area contributed by atoms with E-state index in [1.807, 2.05) is 44.2 Å². The van der Waals surface area contributed by atoms with Crippen molar-refractivity contribution in [1.29, 1.82) is 0 Å². The number of hydrogen-bond donors (Lipinski definition) is 1. The highest BCUT2D eigenvalue weighted by Gasteiger charge is 2.08. The molecule has 1 atom stereocenters. The molecule has 0 saturated heterocycles. The van der Waals surface area contributed by atoms with E-state index in [0.29, 0.717) is 12.5 Å². The number of rotatable bonds is 7. The zero-order valence-electron chi connectivity index (χ0n) is 12.5. The van der Waals surface area contributed by atoms with Crippen molar-refractivity contribution in [3.8, 4) is 5.88 Å². The number of nitrogens with zero attached hydrogens (tertiary/aromatic N) is 2. The van der Waals surface area contributed by atoms with Crippen LogP contribution < -0.4 is 10.1 Å². The molecule has 1 aromatic heterocycles. The molecule has 0 fully saturated rings. The van der Waals surface area contributed by atoms with E-state index >= 15 is 0 Å². The van der Waals surface area contributed by atoms with E-state index < -0.39 is 0 Å². The Balaban J connectivity index is 1.82. The van der Waals surface area contributed by atoms with E-state index in [1.54, 1.807) is 16.9 Å². The average molecular weight is 287 g/mol. The molecule has 2 aromatic rings. The van der Waals surface area contributed by atoms with Gasteiger partial charge in [-0.15, -0.1) is 5.10 Å². The Bertz CT molecular complexity index is 566. The maximum atomic E-state index is 11.8. The summed E-state index contributed by atoms with van der Waals surface area (Å²) >= 11 is 0. The van der Waals surface area contributed by atoms with Crippen molar-refractivity contribution in [1.82, 2.24) is 15.1 Å². The average Bonchev–Trinajstić information content (AvgIpc) is 2.93. The van der Waals surface area contributed by atoms with Gasteiger partial charge in [-0.1, -0.05) is 37.3 Å². The summed E-state index contributed by atoms with van der Waals surface area (Å²) in [6, 6.07) is 11.8. The SMILES string of the molecule is CCC(C)NC(=O)Cn1ccc(OCc2ccccc2)n1. The number of hydrogen-bond acceptors (Lipinski definition) is 3. The number of carbonyl (C=O) groups excluding carboxylic acids is 1. The van der Waals surface area contributed by atoms with E-state index in [9.17, 15) is 4.79 Å². The number of aromatic nitrogens is 2. The lowest BCUT2D eigenvalue weighted by molar-refractivity contribution is -0.122. The predicted molar refractivity (Wildman–Crippen MR) is 80.9 cm³/mol. The summed E-state index contributed by atoms with van der Waals surface area (Å²) in [5.74, 6) is 0.484. The van der Waals surface area contributed by atoms with Gasteiger partial charge in [-0.3, -0.25) is 9.48 Å². The molecular weight excluding hydrogens is 266 g/mol. The van der Waals surface area contributed by atoms with Crippen LogP contribution in [0.3, 0.4) is 0 Å². The molecule has 1 unspecified atom stereocenters. The first-order valence-corrected chi connectivity index (χ1v) is 7.17. The summed E-state index contributed by atoms with van der Waals surface area (Å²) in [5.41, 5.74) is 1.08. The van der Waals surface area contributed by atoms with Gasteiger partial charge in [-0.25, -0.2) is 0 Å². The lowest BCUT2D eigenvalue weighted by Crippen LogP contribution is -2.34. The molecule has 5 heteroatoms. The first-order chi connectivity index (χ1) is 10.2. The molecule has 1 amide bonds. The summed E-state index contributed by atoms with van der Waals surface area (Å²) in [6.07, 6.45) is 2.66. The van der Waals surface area contributed by atoms with Crippen LogP contribution in [0.2, 0.25) is 0 Å². The maximum Gasteiger partial charge on any atom is 0.241 e. The van der Waals surface area contributed by atoms with Gasteiger partial charge in [0.2, 0.25) is 11.8 Å². The van der Waals surface area contributed by atoms with Crippen molar-refractivity contribution in [2.45, 2.75) is 39.5 Å². The molecule has 112 valence electrons. The molecule has 1 heterocycles. The third-order valence-electron chi connectivity index (χ3n) is 3.17. The second kappa shape index (κ2) is 7.47. The fourth-order valence-corrected chi connectivity index (χ4v) is 1.81. The van der Waals surface area contributed by atoms with Crippen LogP contribution in [0.5, 0.6) is 5.88 Å². The van der Waals surface area contributed by atoms with Crippen LogP contribution >= 0.6 is 0 Å². The van der Waals surface area contributed by atoms with Gasteiger partial charge in [-0.2, -0.15) is 0 Å². The summed E-state index contributed by atoms with van der Waals surface area (Å²) in [6.45, 7) is 4.69. The van der Waals surface area contributed by atoms with Crippen molar-refractivity contribution < 1.29 is 9.53 Å². The highest BCUT2D eigenvalue weighted by atomic mass is 16.5. The number of benzene rings is 1. The van der Waals surface area contributed by atoms with Gasteiger partial charge in [0.05, 0.1) is 0 Å². The fourth-order valence-electron chi connectivity index (χ4n) is 1.81. The zero-order chi connectivity index (χ0) is 15.1. The quantitative estimate of drug-likeness (QED) is 0.850. The Hall–Kier alpha value is -2.30. The Morgan fingerprint density at radius 3 is 2.81 bits per heavy atom. The Kier molecular flexibility index (Phi) is 5.37. The van der Waals surface area contributed by atoms with Gasteiger partial charge in [0.15, 0.2) is 0 Å². The van der Waals surface area contributed by atoms with Gasteiger partial charge in [0.1, 0.15) is 13.2 Å². The third kappa shape index (κ3) is 4.95. The maximum absolute atomic E-state index is 11.8. The van der Waals surface area contributed by atoms with Gasteiger partial charge < -0.3 is 10.1 Å². The van der Waals surface area contributed by atoms with Crippen molar-refractivity contribution >= 4 is 5.91 Å². The summed E-state index contributed by atoms with van der Waals surface area (Å²) < 4.78 is 7.17. The Morgan fingerprint density at radius 1 is 1.33 bits per heavy atom. The number of amides is 1. The van der Waals surface area contributed by atoms with Crippen molar-refractivity contribution in [3.05, 3.63) is 48.2 Å². The molecule has 0 bridgehead atoms. The van der Waals surface area contributed by atoms with Gasteiger partial charge >= 0.3 is 0 Å². The van der Waals surface area contributed by atoms with Crippen LogP contribution in [0.1, 0.15) is 25.8 Å². The van der Waals surface area contributed by atoms with E-state index in [2.05, 4.69) is 10.4 Å². The molecular formula is C16H21N3O2. The van der Waals surface area contributed by atoms with Crippen LogP contribution in [-0.2, 0) is 17.9 Å². The molecule has 0 saturated carbocycles. The van der Waals surface area contributed by atoms with Gasteiger partial charge in [0, 0.05) is 18.3 Å². The number of nitrogens with one attached hydrogen (secondary N) is 1. The van der Waals surface area contributed by atoms with E-state index in [1.165, 1.54) is 0 Å². The molecule has 1 aromatic carbocycles. The Labute approximate surface area is 124 Å². The zero-order valence-corrected chi connectivity index (χ0v) is 12.5. The van der Waals surface area contributed by atoms with Crippen molar-refractivity contribution in [3.63, 3.8) is 0 Å². The normalized spacial score (nSPS) is 11.9. The number of ether oxygens (including phenoxy) is 1. The first-order valence-electron chi connectivity index (χ1n) is 7.17. The van der Waals surface area contributed by atoms with Crippen LogP contribution in [0.4, 0.5) is 0 Å². The van der Waals surface area contributed by atoms with Crippen LogP contribution in [0, 0.1) is 0 Å². The van der Waals surface area contributed by atoms with E-state index in [4.69, 9.17) is 4.74 Å². The summed E-state index contributed by atoms with van der Waals surface area (Å²) in [4.78, 5) is 11.8. The summed E-state index contributed by atoms with van der Waals surface area (Å²) in [5, 5.41) is 7.14. The standard InChI is InChI=1S/C16H21N3O2/c1-3-13(2)17-15(20)11-19-10-9-16(18-19)21-12-14-7-5-4-6-8-14/h4-10,13H,3,11-12H2,1-2H3,(H,17,20). The minimum absolute atomic E-state index is 0.0398. The lowest BCUT2D eigenvalue weighted by Gasteiger charge is -2.10. The second-order valence-electron chi connectivity index (χ2n) is 5.00. The van der Waals surface area contributed by atoms with Gasteiger partial charge in [-0.05, 0) is 18.9 Å². The van der Waals surface area contributed by atoms with Crippen LogP contribution in [-0.4, -0.2) is 21.7 Å². The smallest absolute Gasteiger partial charge is 0.241 e. The molecule has 0 spiro atoms. The molecule has 0 radical (unpaired) electrons. The molecule has 0 aliphatic heterocycles. The lowest BCUT2D eigenvalue weighted by atomic mass is 10.2. The van der Waals surface area contributed by atoms with E-state index in [-0.39, 0.29) is 18.5 Å². The minimum atomic E-state index is -0.0398. The molecule has 5 nitrogen and oxygen atoms in total. The first kappa shape index (κ1) is 15.1. The highest BCUT2D eigenvalue weighted by molar-refractivity contribution is 5.75. The molecule has 0 aliphatic rings. The molecule has 2 rings (SSSR count). The molecule has 1 N–H and O–H groups in total. The molecule has 21 heavy (non-hydrogen) atoms. The second-order valence-corrected chi connectivity index (χ2v) is 5.00. The monoisotopic (exact) mass is 287 g/mol. The van der Waals surface area contributed by atoms with Crippen LogP contribution in [0.15, 0.2) is 42.6 Å². The summed E-state index contributed by atoms with van der Waals surface area (Å²) in [7, 11) is 0. The number of carbonyl (C=O) groups is 1. The Morgan fingerprint density at radius 2 is 2.10 bits per heavy atom.